The number of furan rings is 1. The topological polar surface area (TPSA) is 21.3 Å². The molecule has 0 amide bonds. The Labute approximate surface area is 429 Å². The Morgan fingerprint density at radius 3 is 1.74 bits per heavy atom. The van der Waals surface area contributed by atoms with Crippen molar-refractivity contribution in [3.8, 4) is 39.1 Å². The van der Waals surface area contributed by atoms with E-state index in [4.69, 9.17) is 4.42 Å². The minimum absolute atomic E-state index is 0.552. The van der Waals surface area contributed by atoms with Crippen molar-refractivity contribution in [2.24, 2.45) is 0 Å². The number of hydrogen-bond donors (Lipinski definition) is 0. The van der Waals surface area contributed by atoms with Crippen LogP contribution in [0.2, 0.25) is 0 Å². The Balaban J connectivity index is 0.934. The van der Waals surface area contributed by atoms with Gasteiger partial charge in [-0.1, -0.05) is 212 Å². The van der Waals surface area contributed by atoms with Crippen LogP contribution >= 0.6 is 0 Å². The summed E-state index contributed by atoms with van der Waals surface area (Å²) in [4.78, 5) is 2.51. The lowest BCUT2D eigenvalue weighted by atomic mass is 9.67. The average Bonchev–Trinajstić information content (AvgIpc) is 4.17. The molecule has 15 rings (SSSR count). The number of nitrogens with zero attached hydrogens (tertiary/aromatic N) is 2. The molecule has 2 heterocycles. The lowest BCUT2D eigenvalue weighted by molar-refractivity contribution is 0.669. The second kappa shape index (κ2) is 16.7. The molecule has 12 aromatic carbocycles. The minimum Gasteiger partial charge on any atom is -0.456 e. The van der Waals surface area contributed by atoms with Gasteiger partial charge in [-0.05, 0) is 122 Å². The number of benzene rings is 12. The summed E-state index contributed by atoms with van der Waals surface area (Å²) < 4.78 is 8.66. The zero-order chi connectivity index (χ0) is 48.7. The van der Waals surface area contributed by atoms with Crippen molar-refractivity contribution in [2.45, 2.75) is 5.41 Å². The smallest absolute Gasteiger partial charge is 0.135 e. The number of aromatic nitrogens is 1. The van der Waals surface area contributed by atoms with Crippen molar-refractivity contribution in [1.82, 2.24) is 4.57 Å². The molecule has 0 fully saturated rings. The zero-order valence-electron chi connectivity index (χ0n) is 40.4. The summed E-state index contributed by atoms with van der Waals surface area (Å²) in [5.74, 6) is 0. The van der Waals surface area contributed by atoms with Crippen LogP contribution in [-0.2, 0) is 5.41 Å². The maximum atomic E-state index is 6.26. The molecule has 346 valence electrons. The summed E-state index contributed by atoms with van der Waals surface area (Å²) in [5.41, 5.74) is 20.1. The van der Waals surface area contributed by atoms with Gasteiger partial charge < -0.3 is 13.9 Å². The summed E-state index contributed by atoms with van der Waals surface area (Å²) in [5, 5.41) is 7.02. The van der Waals surface area contributed by atoms with Crippen LogP contribution in [0.3, 0.4) is 0 Å². The summed E-state index contributed by atoms with van der Waals surface area (Å²) >= 11 is 0. The van der Waals surface area contributed by atoms with Gasteiger partial charge in [-0.15, -0.1) is 0 Å². The third kappa shape index (κ3) is 6.27. The molecule has 1 aliphatic carbocycles. The van der Waals surface area contributed by atoms with E-state index in [0.717, 1.165) is 72.4 Å². The van der Waals surface area contributed by atoms with E-state index in [1.807, 2.05) is 12.1 Å². The first-order valence-corrected chi connectivity index (χ1v) is 25.5. The molecule has 0 bridgehead atoms. The van der Waals surface area contributed by atoms with Crippen LogP contribution < -0.4 is 4.90 Å². The highest BCUT2D eigenvalue weighted by atomic mass is 16.3. The molecule has 0 atom stereocenters. The van der Waals surface area contributed by atoms with Crippen molar-refractivity contribution in [3.63, 3.8) is 0 Å². The molecule has 3 nitrogen and oxygen atoms in total. The summed E-state index contributed by atoms with van der Waals surface area (Å²) in [6.45, 7) is 0. The molecule has 0 saturated carbocycles. The van der Waals surface area contributed by atoms with E-state index in [9.17, 15) is 0 Å². The fourth-order valence-electron chi connectivity index (χ4n) is 12.5. The van der Waals surface area contributed by atoms with Gasteiger partial charge in [-0.25, -0.2) is 0 Å². The van der Waals surface area contributed by atoms with Crippen molar-refractivity contribution in [2.75, 3.05) is 4.90 Å². The molecule has 0 aliphatic heterocycles. The van der Waals surface area contributed by atoms with Crippen molar-refractivity contribution >= 4 is 71.6 Å². The number of rotatable bonds is 8. The fraction of sp³-hybridized carbons (Fsp3) is 0.0141. The molecule has 2 aromatic heterocycles. The highest BCUT2D eigenvalue weighted by molar-refractivity contribution is 6.12. The second-order valence-electron chi connectivity index (χ2n) is 19.5. The van der Waals surface area contributed by atoms with Crippen LogP contribution in [0.5, 0.6) is 0 Å². The molecule has 0 N–H and O–H groups in total. The lowest BCUT2D eigenvalue weighted by Crippen LogP contribution is -2.28. The van der Waals surface area contributed by atoms with Gasteiger partial charge in [0, 0.05) is 43.9 Å². The maximum absolute atomic E-state index is 6.26. The van der Waals surface area contributed by atoms with Gasteiger partial charge in [0.1, 0.15) is 11.2 Å². The molecular weight excluding hydrogens is 897 g/mol. The summed E-state index contributed by atoms with van der Waals surface area (Å²) in [6, 6.07) is 102. The number of fused-ring (bicyclic) bond motifs is 10. The Morgan fingerprint density at radius 2 is 0.919 bits per heavy atom. The van der Waals surface area contributed by atoms with Crippen molar-refractivity contribution in [1.29, 1.82) is 0 Å². The molecule has 0 unspecified atom stereocenters. The predicted octanol–water partition coefficient (Wildman–Crippen LogP) is 19.0. The monoisotopic (exact) mass is 942 g/mol. The second-order valence-corrected chi connectivity index (χ2v) is 19.5. The van der Waals surface area contributed by atoms with Crippen LogP contribution in [0.15, 0.2) is 283 Å². The number of para-hydroxylation sites is 3. The van der Waals surface area contributed by atoms with E-state index < -0.39 is 5.41 Å². The highest BCUT2D eigenvalue weighted by Crippen LogP contribution is 2.58. The van der Waals surface area contributed by atoms with Crippen molar-refractivity contribution in [3.05, 3.63) is 301 Å². The molecule has 3 heteroatoms. The quantitative estimate of drug-likeness (QED) is 0.151. The number of anilines is 3. The Kier molecular flexibility index (Phi) is 9.48. The minimum atomic E-state index is -0.552. The molecule has 1 aliphatic rings. The van der Waals surface area contributed by atoms with E-state index in [1.54, 1.807) is 0 Å². The van der Waals surface area contributed by atoms with Gasteiger partial charge in [0.05, 0.1) is 27.8 Å². The molecule has 74 heavy (non-hydrogen) atoms. The van der Waals surface area contributed by atoms with Gasteiger partial charge in [0.2, 0.25) is 0 Å². The maximum Gasteiger partial charge on any atom is 0.135 e. The Hall–Kier alpha value is -9.70. The lowest BCUT2D eigenvalue weighted by Gasteiger charge is -2.35. The van der Waals surface area contributed by atoms with Crippen LogP contribution in [0.25, 0.3) is 93.6 Å². The van der Waals surface area contributed by atoms with Crippen LogP contribution in [-0.4, -0.2) is 4.57 Å². The first-order valence-electron chi connectivity index (χ1n) is 25.5. The SMILES string of the molecule is c1ccc(C2(c3ccccc3)c3ccccc3-c3ccc(N(c4ccccc4-c4ccccc4-c4ccc5c(c4)c4ccccc4n5-c4ccc5oc6ccccc6c5c4)c4cccc5ccccc45)cc32)cc1. The Bertz CT molecular complexity index is 4460. The van der Waals surface area contributed by atoms with E-state index in [2.05, 4.69) is 276 Å². The third-order valence-corrected chi connectivity index (χ3v) is 15.7. The zero-order valence-corrected chi connectivity index (χ0v) is 40.4. The van der Waals surface area contributed by atoms with E-state index in [-0.39, 0.29) is 0 Å². The van der Waals surface area contributed by atoms with Gasteiger partial charge in [-0.2, -0.15) is 0 Å². The standard InChI is InChI=1S/C71H46N2O/c1-3-22-49(23-4-1)71(50-24-5-2-6-25-50)63-33-15-11-29-56(63)57-41-39-52(46-64(57)71)73(65-36-19-21-47-20-7-8-27-54(47)65)66-34-16-12-30-58(66)55-28-10-9-26-53(55)48-38-42-68-61(44-48)59-31-13-17-35-67(59)72(68)51-40-43-70-62(45-51)60-32-14-18-37-69(60)74-70/h1-46H. The van der Waals surface area contributed by atoms with Gasteiger partial charge in [-0.3, -0.25) is 0 Å². The molecular formula is C71H46N2O. The fourth-order valence-corrected chi connectivity index (χ4v) is 12.5. The average molecular weight is 943 g/mol. The number of hydrogen-bond acceptors (Lipinski definition) is 2. The van der Waals surface area contributed by atoms with Crippen molar-refractivity contribution < 1.29 is 4.42 Å². The largest absolute Gasteiger partial charge is 0.456 e. The molecule has 0 radical (unpaired) electrons. The third-order valence-electron chi connectivity index (χ3n) is 15.7. The summed E-state index contributed by atoms with van der Waals surface area (Å²) in [6.07, 6.45) is 0. The highest BCUT2D eigenvalue weighted by Gasteiger charge is 2.46. The van der Waals surface area contributed by atoms with E-state index >= 15 is 0 Å². The normalized spacial score (nSPS) is 12.7. The Morgan fingerprint density at radius 1 is 0.324 bits per heavy atom. The predicted molar refractivity (Wildman–Crippen MR) is 308 cm³/mol. The summed E-state index contributed by atoms with van der Waals surface area (Å²) in [7, 11) is 0. The van der Waals surface area contributed by atoms with Crippen LogP contribution in [0, 0.1) is 0 Å². The van der Waals surface area contributed by atoms with Crippen LogP contribution in [0.1, 0.15) is 22.3 Å². The van der Waals surface area contributed by atoms with Crippen LogP contribution in [0.4, 0.5) is 17.1 Å². The molecule has 0 saturated heterocycles. The van der Waals surface area contributed by atoms with Gasteiger partial charge >= 0.3 is 0 Å². The first kappa shape index (κ1) is 42.0. The van der Waals surface area contributed by atoms with E-state index in [1.165, 1.54) is 60.5 Å². The van der Waals surface area contributed by atoms with Gasteiger partial charge in [0.25, 0.3) is 0 Å². The molecule has 14 aromatic rings. The van der Waals surface area contributed by atoms with E-state index in [0.29, 0.717) is 0 Å². The first-order chi connectivity index (χ1) is 36.7. The molecule has 0 spiro atoms. The van der Waals surface area contributed by atoms with Gasteiger partial charge in [0.15, 0.2) is 0 Å².